The van der Waals surface area contributed by atoms with Gasteiger partial charge in [-0.2, -0.15) is 5.26 Å². The van der Waals surface area contributed by atoms with Crippen molar-refractivity contribution in [1.82, 2.24) is 15.0 Å². The van der Waals surface area contributed by atoms with Gasteiger partial charge in [-0.15, -0.1) is 0 Å². The van der Waals surface area contributed by atoms with Crippen LogP contribution >= 0.6 is 0 Å². The number of nitrogens with two attached hydrogens (primary N) is 1. The van der Waals surface area contributed by atoms with Crippen molar-refractivity contribution < 1.29 is 8.42 Å². The van der Waals surface area contributed by atoms with E-state index in [9.17, 15) is 13.7 Å². The number of nitrogens with one attached hydrogen (secondary N) is 2. The van der Waals surface area contributed by atoms with Gasteiger partial charge in [0.05, 0.1) is 4.90 Å². The zero-order valence-corrected chi connectivity index (χ0v) is 13.9. The van der Waals surface area contributed by atoms with E-state index in [1.54, 1.807) is 12.1 Å². The molecule has 0 saturated carbocycles. The van der Waals surface area contributed by atoms with Crippen molar-refractivity contribution >= 4 is 15.8 Å². The number of hydrogen-bond donors (Lipinski definition) is 3. The van der Waals surface area contributed by atoms with Gasteiger partial charge < -0.3 is 11.1 Å². The maximum Gasteiger partial charge on any atom is 0.240 e. The van der Waals surface area contributed by atoms with Crippen molar-refractivity contribution in [3.05, 3.63) is 41.1 Å². The van der Waals surface area contributed by atoms with E-state index in [1.807, 2.05) is 0 Å². The first-order chi connectivity index (χ1) is 11.5. The molecule has 0 unspecified atom stereocenters. The molecule has 7 nitrogen and oxygen atoms in total. The highest BCUT2D eigenvalue weighted by Crippen LogP contribution is 2.33. The Kier molecular flexibility index (Phi) is 4.24. The summed E-state index contributed by atoms with van der Waals surface area (Å²) < 4.78 is 26.0. The largest absolute Gasteiger partial charge is 0.383 e. The zero-order chi connectivity index (χ0) is 17.3. The number of nitrogens with zero attached hydrogens (tertiary/aromatic N) is 2. The van der Waals surface area contributed by atoms with Gasteiger partial charge in [-0.3, -0.25) is 0 Å². The van der Waals surface area contributed by atoms with E-state index >= 15 is 0 Å². The lowest BCUT2D eigenvalue weighted by atomic mass is 9.92. The lowest BCUT2D eigenvalue weighted by molar-refractivity contribution is 0.588. The molecule has 0 amide bonds. The van der Waals surface area contributed by atoms with Crippen molar-refractivity contribution in [1.29, 1.82) is 5.26 Å². The van der Waals surface area contributed by atoms with Crippen molar-refractivity contribution in [2.45, 2.75) is 17.9 Å². The maximum absolute atomic E-state index is 11.9. The average Bonchev–Trinajstić information content (AvgIpc) is 2.60. The van der Waals surface area contributed by atoms with Crippen LogP contribution in [0.5, 0.6) is 0 Å². The van der Waals surface area contributed by atoms with Crippen LogP contribution in [0.15, 0.2) is 29.2 Å². The molecule has 0 bridgehead atoms. The van der Waals surface area contributed by atoms with Crippen molar-refractivity contribution in [3.8, 4) is 17.2 Å². The van der Waals surface area contributed by atoms with Crippen LogP contribution in [-0.2, 0) is 23.0 Å². The summed E-state index contributed by atoms with van der Waals surface area (Å²) in [6.45, 7) is 1.41. The molecule has 1 aliphatic rings. The van der Waals surface area contributed by atoms with Gasteiger partial charge in [-0.25, -0.2) is 18.1 Å². The van der Waals surface area contributed by atoms with E-state index in [4.69, 9.17) is 5.73 Å². The van der Waals surface area contributed by atoms with Gasteiger partial charge in [0.1, 0.15) is 17.5 Å². The molecule has 1 aromatic carbocycles. The minimum atomic E-state index is -3.50. The monoisotopic (exact) mass is 343 g/mol. The quantitative estimate of drug-likeness (QED) is 0.756. The molecule has 8 heteroatoms. The highest BCUT2D eigenvalue weighted by atomic mass is 32.2. The van der Waals surface area contributed by atoms with Crippen molar-refractivity contribution in [3.63, 3.8) is 0 Å². The Hall–Kier alpha value is -2.47. The molecule has 0 fully saturated rings. The average molecular weight is 343 g/mol. The standard InChI is InChI=1S/C16H17N5O2S/c1-19-24(22,23)11-4-2-10(3-5-11)15-12(8-17)16(18)21-14-6-7-20-9-13(14)15/h2-5,19-20H,6-7,9H2,1H3,(H2,18,21). The Labute approximate surface area is 140 Å². The van der Waals surface area contributed by atoms with Crippen molar-refractivity contribution in [2.24, 2.45) is 0 Å². The van der Waals surface area contributed by atoms with Crippen LogP contribution < -0.4 is 15.8 Å². The van der Waals surface area contributed by atoms with Gasteiger partial charge in [0, 0.05) is 30.8 Å². The molecule has 0 spiro atoms. The predicted molar refractivity (Wildman–Crippen MR) is 90.5 cm³/mol. The Bertz CT molecular complexity index is 930. The molecule has 0 aliphatic carbocycles. The Morgan fingerprint density at radius 2 is 2.04 bits per heavy atom. The molecule has 0 radical (unpaired) electrons. The molecule has 1 aliphatic heterocycles. The molecule has 0 atom stereocenters. The number of rotatable bonds is 3. The summed E-state index contributed by atoms with van der Waals surface area (Å²) in [7, 11) is -2.14. The van der Waals surface area contributed by atoms with Crippen LogP contribution in [0.3, 0.4) is 0 Å². The summed E-state index contributed by atoms with van der Waals surface area (Å²) in [5.41, 5.74) is 9.57. The van der Waals surface area contributed by atoms with E-state index in [0.29, 0.717) is 12.1 Å². The minimum Gasteiger partial charge on any atom is -0.383 e. The molecular formula is C16H17N5O2S. The molecule has 124 valence electrons. The van der Waals surface area contributed by atoms with Gasteiger partial charge in [0.25, 0.3) is 0 Å². The van der Waals surface area contributed by atoms with E-state index in [1.165, 1.54) is 19.2 Å². The summed E-state index contributed by atoms with van der Waals surface area (Å²) in [6, 6.07) is 8.53. The SMILES string of the molecule is CNS(=O)(=O)c1ccc(-c2c(C#N)c(N)nc3c2CNCC3)cc1. The predicted octanol–water partition coefficient (Wildman–Crippen LogP) is 0.756. The smallest absolute Gasteiger partial charge is 0.240 e. The van der Waals surface area contributed by atoms with Gasteiger partial charge >= 0.3 is 0 Å². The third-order valence-corrected chi connectivity index (χ3v) is 5.52. The van der Waals surface area contributed by atoms with Gasteiger partial charge in [-0.05, 0) is 30.3 Å². The fourth-order valence-corrected chi connectivity index (χ4v) is 3.59. The Morgan fingerprint density at radius 1 is 1.33 bits per heavy atom. The highest BCUT2D eigenvalue weighted by Gasteiger charge is 2.22. The maximum atomic E-state index is 11.9. The Morgan fingerprint density at radius 3 is 2.67 bits per heavy atom. The first-order valence-corrected chi connectivity index (χ1v) is 8.92. The fraction of sp³-hybridized carbons (Fsp3) is 0.250. The third-order valence-electron chi connectivity index (χ3n) is 4.09. The number of sulfonamides is 1. The van der Waals surface area contributed by atoms with E-state index in [2.05, 4.69) is 21.1 Å². The van der Waals surface area contributed by atoms with Crippen molar-refractivity contribution in [2.75, 3.05) is 19.3 Å². The summed E-state index contributed by atoms with van der Waals surface area (Å²) in [5, 5.41) is 12.8. The normalized spacial score (nSPS) is 14.0. The number of anilines is 1. The van der Waals surface area contributed by atoms with Gasteiger partial charge in [-0.1, -0.05) is 12.1 Å². The number of benzene rings is 1. The van der Waals surface area contributed by atoms with Gasteiger partial charge in [0.2, 0.25) is 10.0 Å². The summed E-state index contributed by atoms with van der Waals surface area (Å²) >= 11 is 0. The lowest BCUT2D eigenvalue weighted by Gasteiger charge is -2.22. The van der Waals surface area contributed by atoms with Gasteiger partial charge in [0.15, 0.2) is 0 Å². The highest BCUT2D eigenvalue weighted by molar-refractivity contribution is 7.89. The first kappa shape index (κ1) is 16.4. The Balaban J connectivity index is 2.19. The first-order valence-electron chi connectivity index (χ1n) is 7.44. The van der Waals surface area contributed by atoms with Crippen LogP contribution in [0, 0.1) is 11.3 Å². The number of nitrogen functional groups attached to an aromatic ring is 1. The summed E-state index contributed by atoms with van der Waals surface area (Å²) in [4.78, 5) is 4.52. The molecule has 1 aromatic heterocycles. The number of nitriles is 1. The van der Waals surface area contributed by atoms with E-state index in [-0.39, 0.29) is 10.7 Å². The van der Waals surface area contributed by atoms with Crippen LogP contribution in [0.4, 0.5) is 5.82 Å². The molecule has 4 N–H and O–H groups in total. The molecule has 2 aromatic rings. The third kappa shape index (κ3) is 2.73. The van der Waals surface area contributed by atoms with Crippen LogP contribution in [0.1, 0.15) is 16.8 Å². The second kappa shape index (κ2) is 6.20. The zero-order valence-electron chi connectivity index (χ0n) is 13.1. The molecule has 3 rings (SSSR count). The van der Waals surface area contributed by atoms with Crippen LogP contribution in [0.25, 0.3) is 11.1 Å². The van der Waals surface area contributed by atoms with E-state index < -0.39 is 10.0 Å². The number of pyridine rings is 1. The van der Waals surface area contributed by atoms with Crippen LogP contribution in [0.2, 0.25) is 0 Å². The number of fused-ring (bicyclic) bond motifs is 1. The summed E-state index contributed by atoms with van der Waals surface area (Å²) in [5.74, 6) is 0.208. The second-order valence-corrected chi connectivity index (χ2v) is 7.33. The topological polar surface area (TPSA) is 121 Å². The number of hydrogen-bond acceptors (Lipinski definition) is 6. The number of aromatic nitrogens is 1. The lowest BCUT2D eigenvalue weighted by Crippen LogP contribution is -2.26. The molecular weight excluding hydrogens is 326 g/mol. The molecule has 24 heavy (non-hydrogen) atoms. The second-order valence-electron chi connectivity index (χ2n) is 5.44. The minimum absolute atomic E-state index is 0.168. The summed E-state index contributed by atoms with van der Waals surface area (Å²) in [6.07, 6.45) is 0.741. The fourth-order valence-electron chi connectivity index (χ4n) is 2.86. The van der Waals surface area contributed by atoms with E-state index in [0.717, 1.165) is 35.3 Å². The molecule has 2 heterocycles. The van der Waals surface area contributed by atoms with Crippen LogP contribution in [-0.4, -0.2) is 27.0 Å². The molecule has 0 saturated heterocycles.